The maximum absolute atomic E-state index is 14.2. The van der Waals surface area contributed by atoms with Gasteiger partial charge in [0.1, 0.15) is 29.8 Å². The van der Waals surface area contributed by atoms with Crippen molar-refractivity contribution in [3.05, 3.63) is 139 Å². The van der Waals surface area contributed by atoms with Gasteiger partial charge < -0.3 is 19.5 Å². The van der Waals surface area contributed by atoms with Gasteiger partial charge in [0.05, 0.1) is 17.7 Å². The molecule has 4 aromatic carbocycles. The highest BCUT2D eigenvalue weighted by molar-refractivity contribution is 7.07. The van der Waals surface area contributed by atoms with E-state index in [4.69, 9.17) is 19.2 Å². The summed E-state index contributed by atoms with van der Waals surface area (Å²) in [6.07, 6.45) is 1.73. The van der Waals surface area contributed by atoms with E-state index in [0.29, 0.717) is 37.6 Å². The van der Waals surface area contributed by atoms with Gasteiger partial charge in [0.25, 0.3) is 5.56 Å². The summed E-state index contributed by atoms with van der Waals surface area (Å²) in [4.78, 5) is 33.5. The average molecular weight is 654 g/mol. The summed E-state index contributed by atoms with van der Waals surface area (Å²) in [5, 5.41) is 3.04. The molecule has 3 atom stereocenters. The number of ether oxygens (including phenoxy) is 3. The molecule has 47 heavy (non-hydrogen) atoms. The second-order valence-corrected chi connectivity index (χ2v) is 12.5. The predicted octanol–water partition coefficient (Wildman–Crippen LogP) is 5.50. The number of benzene rings is 4. The van der Waals surface area contributed by atoms with Crippen molar-refractivity contribution in [3.8, 4) is 17.2 Å². The number of carbonyl (C=O) groups is 1. The number of aryl methyl sites for hydroxylation is 1. The molecule has 0 unspecified atom stereocenters. The highest BCUT2D eigenvalue weighted by Gasteiger charge is 2.55. The van der Waals surface area contributed by atoms with Gasteiger partial charge in [-0.05, 0) is 67.4 Å². The maximum atomic E-state index is 14.2. The van der Waals surface area contributed by atoms with Crippen LogP contribution in [-0.2, 0) is 11.4 Å². The normalized spacial score (nSPS) is 19.6. The number of nitrogens with one attached hydrogen (secondary N) is 1. The minimum Gasteiger partial charge on any atom is -0.496 e. The van der Waals surface area contributed by atoms with E-state index in [1.54, 1.807) is 35.8 Å². The van der Waals surface area contributed by atoms with Crippen molar-refractivity contribution in [1.29, 1.82) is 0 Å². The fourth-order valence-electron chi connectivity index (χ4n) is 6.17. The summed E-state index contributed by atoms with van der Waals surface area (Å²) >= 11 is 1.21. The SMILES string of the molecule is COc1ccc(/C=c2/sc3n(c2=O)[C@@H]2c4ccccc4O[C@](C)(N=3)[C@H]2C(=O)Nc2ccccc2C)cc1COc1ccc(F)cc1F. The summed E-state index contributed by atoms with van der Waals surface area (Å²) in [5.74, 6) is -1.71. The molecule has 11 heteroatoms. The number of para-hydroxylation sites is 2. The molecule has 0 spiro atoms. The van der Waals surface area contributed by atoms with Crippen LogP contribution in [0.3, 0.4) is 0 Å². The third-order valence-electron chi connectivity index (χ3n) is 8.44. The van der Waals surface area contributed by atoms with Gasteiger partial charge >= 0.3 is 0 Å². The van der Waals surface area contributed by atoms with E-state index in [9.17, 15) is 18.4 Å². The Kier molecular flexibility index (Phi) is 7.63. The summed E-state index contributed by atoms with van der Waals surface area (Å²) < 4.78 is 47.1. The lowest BCUT2D eigenvalue weighted by Gasteiger charge is -2.45. The van der Waals surface area contributed by atoms with Gasteiger partial charge in [-0.2, -0.15) is 0 Å². The molecule has 7 rings (SSSR count). The minimum atomic E-state index is -1.28. The Morgan fingerprint density at radius 2 is 1.83 bits per heavy atom. The number of nitrogens with zero attached hydrogens (tertiary/aromatic N) is 2. The van der Waals surface area contributed by atoms with E-state index in [1.807, 2.05) is 55.5 Å². The second kappa shape index (κ2) is 11.8. The molecule has 1 aromatic heterocycles. The van der Waals surface area contributed by atoms with E-state index in [0.717, 1.165) is 23.3 Å². The van der Waals surface area contributed by atoms with Gasteiger partial charge in [-0.25, -0.2) is 13.8 Å². The number of rotatable bonds is 7. The first-order chi connectivity index (χ1) is 22.6. The van der Waals surface area contributed by atoms with E-state index in [1.165, 1.54) is 24.5 Å². The molecular formula is C36H29F2N3O5S. The zero-order valence-electron chi connectivity index (χ0n) is 25.6. The number of hydrogen-bond acceptors (Lipinski definition) is 7. The lowest BCUT2D eigenvalue weighted by molar-refractivity contribution is -0.131. The second-order valence-electron chi connectivity index (χ2n) is 11.5. The molecule has 2 aliphatic heterocycles. The summed E-state index contributed by atoms with van der Waals surface area (Å²) in [6, 6.07) is 22.6. The standard InChI is InChI=1S/C36H29F2N3O5S/c1-20-8-4-6-10-26(20)39-33(42)31-32-24-9-5-7-11-28(24)46-36(31,2)40-35-41(32)34(43)30(47-35)17-21-12-14-27(44-3)22(16-21)19-45-29-15-13-23(37)18-25(29)38/h4-18,31-32H,19H2,1-3H3,(H,39,42)/b30-17+/t31-,32-,36+/m1/s1. The van der Waals surface area contributed by atoms with Gasteiger partial charge in [0, 0.05) is 22.9 Å². The lowest BCUT2D eigenvalue weighted by Crippen LogP contribution is -2.59. The molecule has 1 N–H and O–H groups in total. The molecular weight excluding hydrogens is 624 g/mol. The van der Waals surface area contributed by atoms with Crippen molar-refractivity contribution in [2.24, 2.45) is 10.9 Å². The molecule has 0 aliphatic carbocycles. The quantitative estimate of drug-likeness (QED) is 0.251. The first-order valence-corrected chi connectivity index (χ1v) is 15.7. The third kappa shape index (κ3) is 5.46. The Morgan fingerprint density at radius 3 is 2.62 bits per heavy atom. The van der Waals surface area contributed by atoms with E-state index in [2.05, 4.69) is 5.32 Å². The molecule has 0 fully saturated rings. The molecule has 0 radical (unpaired) electrons. The van der Waals surface area contributed by atoms with Crippen LogP contribution in [0.5, 0.6) is 17.2 Å². The number of methoxy groups -OCH3 is 1. The molecule has 5 aromatic rings. The number of halogens is 2. The molecule has 2 aliphatic rings. The fraction of sp³-hybridized carbons (Fsp3) is 0.194. The van der Waals surface area contributed by atoms with Crippen LogP contribution < -0.4 is 34.4 Å². The van der Waals surface area contributed by atoms with Gasteiger partial charge in [0.15, 0.2) is 16.4 Å². The van der Waals surface area contributed by atoms with Crippen LogP contribution in [-0.4, -0.2) is 23.3 Å². The first-order valence-electron chi connectivity index (χ1n) is 14.9. The number of carbonyl (C=O) groups excluding carboxylic acids is 1. The molecule has 2 bridgehead atoms. The predicted molar refractivity (Wildman–Crippen MR) is 174 cm³/mol. The number of fused-ring (bicyclic) bond motifs is 6. The lowest BCUT2D eigenvalue weighted by atomic mass is 9.80. The van der Waals surface area contributed by atoms with Gasteiger partial charge in [0.2, 0.25) is 11.6 Å². The van der Waals surface area contributed by atoms with Crippen molar-refractivity contribution < 1.29 is 27.8 Å². The molecule has 3 heterocycles. The van der Waals surface area contributed by atoms with Crippen LogP contribution in [0.1, 0.15) is 35.2 Å². The van der Waals surface area contributed by atoms with E-state index < -0.39 is 29.3 Å². The van der Waals surface area contributed by atoms with E-state index >= 15 is 0 Å². The third-order valence-corrected chi connectivity index (χ3v) is 9.43. The number of anilines is 1. The van der Waals surface area contributed by atoms with E-state index in [-0.39, 0.29) is 23.8 Å². The van der Waals surface area contributed by atoms with Crippen molar-refractivity contribution in [1.82, 2.24) is 4.57 Å². The Morgan fingerprint density at radius 1 is 1.06 bits per heavy atom. The number of thiazole rings is 1. The summed E-state index contributed by atoms with van der Waals surface area (Å²) in [5.41, 5.74) is 1.98. The highest BCUT2D eigenvalue weighted by atomic mass is 32.1. The van der Waals surface area contributed by atoms with Crippen molar-refractivity contribution in [3.63, 3.8) is 0 Å². The average Bonchev–Trinajstić information content (AvgIpc) is 3.34. The van der Waals surface area contributed by atoms with Crippen LogP contribution in [0.4, 0.5) is 14.5 Å². The van der Waals surface area contributed by atoms with Crippen molar-refractivity contribution >= 4 is 29.0 Å². The van der Waals surface area contributed by atoms with Crippen LogP contribution >= 0.6 is 11.3 Å². The topological polar surface area (TPSA) is 91.2 Å². The molecule has 8 nitrogen and oxygen atoms in total. The number of aromatic nitrogens is 1. The monoisotopic (exact) mass is 653 g/mol. The van der Waals surface area contributed by atoms with Gasteiger partial charge in [-0.15, -0.1) is 0 Å². The number of amides is 1. The van der Waals surface area contributed by atoms with Gasteiger partial charge in [-0.1, -0.05) is 53.8 Å². The summed E-state index contributed by atoms with van der Waals surface area (Å²) in [6.45, 7) is 3.63. The van der Waals surface area contributed by atoms with Crippen LogP contribution in [0.15, 0.2) is 94.7 Å². The van der Waals surface area contributed by atoms with Crippen molar-refractivity contribution in [2.45, 2.75) is 32.2 Å². The number of hydrogen-bond donors (Lipinski definition) is 1. The molecule has 1 amide bonds. The van der Waals surface area contributed by atoms with Crippen molar-refractivity contribution in [2.75, 3.05) is 12.4 Å². The largest absolute Gasteiger partial charge is 0.496 e. The Bertz CT molecular complexity index is 2230. The molecule has 0 saturated heterocycles. The Labute approximate surface area is 272 Å². The van der Waals surface area contributed by atoms with Crippen LogP contribution in [0.25, 0.3) is 6.08 Å². The molecule has 238 valence electrons. The Balaban J connectivity index is 1.29. The van der Waals surface area contributed by atoms with Crippen LogP contribution in [0.2, 0.25) is 0 Å². The molecule has 0 saturated carbocycles. The van der Waals surface area contributed by atoms with Crippen LogP contribution in [0, 0.1) is 24.5 Å². The highest BCUT2D eigenvalue weighted by Crippen LogP contribution is 2.47. The fourth-order valence-corrected chi connectivity index (χ4v) is 7.27. The first kappa shape index (κ1) is 30.4. The Hall–Kier alpha value is -5.29. The minimum absolute atomic E-state index is 0.0606. The maximum Gasteiger partial charge on any atom is 0.270 e. The zero-order valence-corrected chi connectivity index (χ0v) is 26.4. The van der Waals surface area contributed by atoms with Gasteiger partial charge in [-0.3, -0.25) is 14.2 Å². The zero-order chi connectivity index (χ0) is 32.9. The smallest absolute Gasteiger partial charge is 0.270 e. The summed E-state index contributed by atoms with van der Waals surface area (Å²) in [7, 11) is 1.51.